The van der Waals surface area contributed by atoms with Gasteiger partial charge in [0.2, 0.25) is 10.0 Å². The largest absolute Gasteiger partial charge is 0.448 e. The van der Waals surface area contributed by atoms with Crippen molar-refractivity contribution < 1.29 is 22.7 Å². The van der Waals surface area contributed by atoms with Gasteiger partial charge in [-0.2, -0.15) is 0 Å². The van der Waals surface area contributed by atoms with Gasteiger partial charge in [-0.1, -0.05) is 24.3 Å². The number of aromatic amines is 1. The molecular weight excluding hydrogens is 394 g/mol. The summed E-state index contributed by atoms with van der Waals surface area (Å²) >= 11 is 0. The number of rotatable bonds is 6. The van der Waals surface area contributed by atoms with Crippen LogP contribution in [0.4, 0.5) is 5.69 Å². The molecule has 1 aromatic heterocycles. The summed E-state index contributed by atoms with van der Waals surface area (Å²) < 4.78 is 30.8. The number of esters is 1. The van der Waals surface area contributed by atoms with Crippen LogP contribution in [-0.4, -0.2) is 49.8 Å². The van der Waals surface area contributed by atoms with Gasteiger partial charge in [0.1, 0.15) is 5.69 Å². The Morgan fingerprint density at radius 2 is 1.79 bits per heavy atom. The van der Waals surface area contributed by atoms with E-state index in [1.807, 2.05) is 24.3 Å². The Morgan fingerprint density at radius 3 is 2.48 bits per heavy atom. The first-order chi connectivity index (χ1) is 13.7. The van der Waals surface area contributed by atoms with Crippen LogP contribution in [-0.2, 0) is 19.6 Å². The van der Waals surface area contributed by atoms with E-state index < -0.39 is 28.0 Å². The highest BCUT2D eigenvalue weighted by molar-refractivity contribution is 7.89. The fraction of sp³-hybridized carbons (Fsp3) is 0.200. The monoisotopic (exact) mass is 415 g/mol. The van der Waals surface area contributed by atoms with E-state index in [1.54, 1.807) is 12.1 Å². The first-order valence-corrected chi connectivity index (χ1v) is 10.2. The number of ether oxygens (including phenoxy) is 1. The number of sulfonamides is 1. The molecule has 0 spiro atoms. The van der Waals surface area contributed by atoms with E-state index in [2.05, 4.69) is 10.3 Å². The predicted molar refractivity (Wildman–Crippen MR) is 109 cm³/mol. The van der Waals surface area contributed by atoms with Crippen LogP contribution in [0.25, 0.3) is 10.9 Å². The molecule has 0 fully saturated rings. The molecule has 0 aliphatic rings. The highest BCUT2D eigenvalue weighted by Gasteiger charge is 2.22. The van der Waals surface area contributed by atoms with Gasteiger partial charge in [-0.05, 0) is 37.3 Å². The molecule has 29 heavy (non-hydrogen) atoms. The highest BCUT2D eigenvalue weighted by Crippen LogP contribution is 2.19. The van der Waals surface area contributed by atoms with Crippen molar-refractivity contribution in [1.29, 1.82) is 0 Å². The lowest BCUT2D eigenvalue weighted by Gasteiger charge is -2.15. The Labute approximate surface area is 168 Å². The number of carbonyl (C=O) groups is 2. The van der Waals surface area contributed by atoms with Crippen LogP contribution in [0.1, 0.15) is 17.4 Å². The molecule has 1 heterocycles. The summed E-state index contributed by atoms with van der Waals surface area (Å²) in [5.41, 5.74) is 1.31. The quantitative estimate of drug-likeness (QED) is 0.602. The molecule has 2 N–H and O–H groups in total. The zero-order valence-electron chi connectivity index (χ0n) is 16.2. The normalized spacial score (nSPS) is 12.7. The number of nitrogens with one attached hydrogen (secondary N) is 2. The Morgan fingerprint density at radius 1 is 1.07 bits per heavy atom. The number of carbonyl (C=O) groups excluding carboxylic acids is 2. The van der Waals surface area contributed by atoms with Crippen molar-refractivity contribution in [3.8, 4) is 0 Å². The number of hydrogen-bond acceptors (Lipinski definition) is 5. The molecule has 0 radical (unpaired) electrons. The van der Waals surface area contributed by atoms with Crippen molar-refractivity contribution in [2.45, 2.75) is 17.9 Å². The maximum absolute atomic E-state index is 12.4. The zero-order chi connectivity index (χ0) is 21.2. The van der Waals surface area contributed by atoms with Gasteiger partial charge in [0, 0.05) is 30.7 Å². The molecule has 9 heteroatoms. The smallest absolute Gasteiger partial charge is 0.355 e. The van der Waals surface area contributed by atoms with Gasteiger partial charge in [-0.25, -0.2) is 17.5 Å². The van der Waals surface area contributed by atoms with Crippen molar-refractivity contribution in [3.63, 3.8) is 0 Å². The number of hydrogen-bond donors (Lipinski definition) is 2. The minimum Gasteiger partial charge on any atom is -0.448 e. The fourth-order valence-corrected chi connectivity index (χ4v) is 3.60. The van der Waals surface area contributed by atoms with Crippen LogP contribution in [0.15, 0.2) is 59.5 Å². The van der Waals surface area contributed by atoms with E-state index in [1.165, 1.54) is 39.2 Å². The highest BCUT2D eigenvalue weighted by atomic mass is 32.2. The number of amides is 1. The second-order valence-electron chi connectivity index (χ2n) is 6.62. The molecule has 2 aromatic carbocycles. The van der Waals surface area contributed by atoms with E-state index in [4.69, 9.17) is 4.74 Å². The van der Waals surface area contributed by atoms with Gasteiger partial charge in [0.25, 0.3) is 5.91 Å². The molecular formula is C20H21N3O5S. The molecule has 0 bridgehead atoms. The number of anilines is 1. The minimum atomic E-state index is -3.63. The van der Waals surface area contributed by atoms with Gasteiger partial charge in [-0.3, -0.25) is 4.79 Å². The van der Waals surface area contributed by atoms with Crippen LogP contribution >= 0.6 is 0 Å². The first-order valence-electron chi connectivity index (χ1n) is 8.80. The van der Waals surface area contributed by atoms with Gasteiger partial charge < -0.3 is 15.0 Å². The molecule has 152 valence electrons. The molecule has 0 saturated heterocycles. The summed E-state index contributed by atoms with van der Waals surface area (Å²) in [4.78, 5) is 27.7. The minimum absolute atomic E-state index is 0.0445. The number of fused-ring (bicyclic) bond motifs is 1. The Bertz CT molecular complexity index is 1130. The van der Waals surface area contributed by atoms with Gasteiger partial charge in [0.05, 0.1) is 4.90 Å². The fourth-order valence-electron chi connectivity index (χ4n) is 2.65. The van der Waals surface area contributed by atoms with E-state index in [-0.39, 0.29) is 16.3 Å². The van der Waals surface area contributed by atoms with Gasteiger partial charge in [0.15, 0.2) is 6.10 Å². The Kier molecular flexibility index (Phi) is 5.71. The van der Waals surface area contributed by atoms with Gasteiger partial charge in [-0.15, -0.1) is 0 Å². The molecule has 0 aliphatic heterocycles. The zero-order valence-corrected chi connectivity index (χ0v) is 17.0. The summed E-state index contributed by atoms with van der Waals surface area (Å²) in [7, 11) is -0.785. The van der Waals surface area contributed by atoms with Crippen molar-refractivity contribution in [1.82, 2.24) is 9.29 Å². The standard InChI is InChI=1S/C20H21N3O5S/c1-13(28-20(25)18-11-14-7-4-5-10-17(14)22-18)19(24)21-15-8-6-9-16(12-15)29(26,27)23(2)3/h4-13,22H,1-3H3,(H,21,24)/t13-/m0/s1. The van der Waals surface area contributed by atoms with Crippen LogP contribution in [0, 0.1) is 0 Å². The van der Waals surface area contributed by atoms with E-state index in [9.17, 15) is 18.0 Å². The number of aromatic nitrogens is 1. The molecule has 0 aliphatic carbocycles. The summed E-state index contributed by atoms with van der Waals surface area (Å²) in [5.74, 6) is -1.23. The molecule has 1 amide bonds. The molecule has 0 unspecified atom stereocenters. The average Bonchev–Trinajstić information content (AvgIpc) is 3.12. The second-order valence-corrected chi connectivity index (χ2v) is 8.77. The molecule has 0 saturated carbocycles. The summed E-state index contributed by atoms with van der Waals surface area (Å²) in [6.07, 6.45) is -1.08. The lowest BCUT2D eigenvalue weighted by molar-refractivity contribution is -0.123. The van der Waals surface area contributed by atoms with Crippen LogP contribution in [0.5, 0.6) is 0 Å². The molecule has 1 atom stereocenters. The molecule has 3 aromatic rings. The maximum Gasteiger partial charge on any atom is 0.355 e. The van der Waals surface area contributed by atoms with Crippen LogP contribution in [0.3, 0.4) is 0 Å². The molecule has 8 nitrogen and oxygen atoms in total. The van der Waals surface area contributed by atoms with E-state index in [0.29, 0.717) is 0 Å². The van der Waals surface area contributed by atoms with Crippen LogP contribution < -0.4 is 5.32 Å². The van der Waals surface area contributed by atoms with Crippen molar-refractivity contribution in [3.05, 3.63) is 60.3 Å². The SMILES string of the molecule is C[C@H](OC(=O)c1cc2ccccc2[nH]1)C(=O)Nc1cccc(S(=O)(=O)N(C)C)c1. The lowest BCUT2D eigenvalue weighted by atomic mass is 10.2. The maximum atomic E-state index is 12.4. The number of benzene rings is 2. The molecule has 3 rings (SSSR count). The predicted octanol–water partition coefficient (Wildman–Crippen LogP) is 2.60. The van der Waals surface area contributed by atoms with E-state index in [0.717, 1.165) is 15.2 Å². The lowest BCUT2D eigenvalue weighted by Crippen LogP contribution is -2.30. The Balaban J connectivity index is 1.68. The average molecular weight is 415 g/mol. The summed E-state index contributed by atoms with van der Waals surface area (Å²) in [5, 5.41) is 3.42. The number of para-hydroxylation sites is 1. The Hall–Kier alpha value is -3.17. The summed E-state index contributed by atoms with van der Waals surface area (Å²) in [6, 6.07) is 14.9. The van der Waals surface area contributed by atoms with Crippen LogP contribution in [0.2, 0.25) is 0 Å². The van der Waals surface area contributed by atoms with Gasteiger partial charge >= 0.3 is 5.97 Å². The van der Waals surface area contributed by atoms with E-state index >= 15 is 0 Å². The third kappa shape index (κ3) is 4.47. The van der Waals surface area contributed by atoms with Crippen molar-refractivity contribution >= 4 is 38.5 Å². The second kappa shape index (κ2) is 8.06. The third-order valence-corrected chi connectivity index (χ3v) is 6.09. The topological polar surface area (TPSA) is 109 Å². The summed E-state index contributed by atoms with van der Waals surface area (Å²) in [6.45, 7) is 1.44. The third-order valence-electron chi connectivity index (χ3n) is 4.28. The van der Waals surface area contributed by atoms with Crippen molar-refractivity contribution in [2.24, 2.45) is 0 Å². The van der Waals surface area contributed by atoms with Crippen molar-refractivity contribution in [2.75, 3.05) is 19.4 Å². The first kappa shape index (κ1) is 20.6. The number of H-pyrrole nitrogens is 1. The number of nitrogens with zero attached hydrogens (tertiary/aromatic N) is 1.